The van der Waals surface area contributed by atoms with Crippen molar-refractivity contribution in [1.29, 1.82) is 0 Å². The van der Waals surface area contributed by atoms with Gasteiger partial charge in [0.1, 0.15) is 0 Å². The van der Waals surface area contributed by atoms with Gasteiger partial charge in [0.05, 0.1) is 12.1 Å². The van der Waals surface area contributed by atoms with E-state index in [9.17, 15) is 0 Å². The number of rotatable bonds is 6. The van der Waals surface area contributed by atoms with E-state index in [4.69, 9.17) is 16.3 Å². The summed E-state index contributed by atoms with van der Waals surface area (Å²) in [5.41, 5.74) is 2.29. The van der Waals surface area contributed by atoms with Gasteiger partial charge in [0.2, 0.25) is 0 Å². The van der Waals surface area contributed by atoms with Crippen molar-refractivity contribution in [3.05, 3.63) is 34.3 Å². The summed E-state index contributed by atoms with van der Waals surface area (Å²) in [6.45, 7) is 6.91. The molecule has 0 fully saturated rings. The molecule has 2 nitrogen and oxygen atoms in total. The van der Waals surface area contributed by atoms with Gasteiger partial charge in [-0.2, -0.15) is 0 Å². The number of hydrogen-bond donors (Lipinski definition) is 1. The number of hydrogen-bond acceptors (Lipinski definition) is 2. The average molecular weight is 256 g/mol. The lowest BCUT2D eigenvalue weighted by molar-refractivity contribution is 0.0334. The van der Waals surface area contributed by atoms with Crippen LogP contribution < -0.4 is 5.32 Å². The Balaban J connectivity index is 2.95. The predicted octanol–water partition coefficient (Wildman–Crippen LogP) is 3.72. The summed E-state index contributed by atoms with van der Waals surface area (Å²) in [7, 11) is 1.96. The van der Waals surface area contributed by atoms with Crippen LogP contribution in [0.5, 0.6) is 0 Å². The number of benzene rings is 1. The van der Waals surface area contributed by atoms with Crippen molar-refractivity contribution >= 4 is 11.6 Å². The zero-order valence-corrected chi connectivity index (χ0v) is 11.8. The molecule has 17 heavy (non-hydrogen) atoms. The maximum atomic E-state index is 6.17. The molecule has 0 heterocycles. The minimum Gasteiger partial charge on any atom is -0.377 e. The summed E-state index contributed by atoms with van der Waals surface area (Å²) in [5.74, 6) is 0. The number of aryl methyl sites for hydroxylation is 1. The molecule has 0 aromatic heterocycles. The van der Waals surface area contributed by atoms with Crippen LogP contribution in [0.4, 0.5) is 0 Å². The Kier molecular flexibility index (Phi) is 5.96. The first-order valence-corrected chi connectivity index (χ1v) is 6.56. The zero-order valence-electron chi connectivity index (χ0n) is 11.1. The summed E-state index contributed by atoms with van der Waals surface area (Å²) in [5, 5.41) is 4.13. The van der Waals surface area contributed by atoms with Crippen molar-refractivity contribution in [2.75, 3.05) is 13.7 Å². The number of ether oxygens (including phenoxy) is 1. The largest absolute Gasteiger partial charge is 0.377 e. The van der Waals surface area contributed by atoms with Crippen LogP contribution in [-0.4, -0.2) is 19.8 Å². The van der Waals surface area contributed by atoms with Crippen LogP contribution in [-0.2, 0) is 4.74 Å². The van der Waals surface area contributed by atoms with Gasteiger partial charge in [-0.1, -0.05) is 30.7 Å². The van der Waals surface area contributed by atoms with Gasteiger partial charge in [0, 0.05) is 11.6 Å². The second kappa shape index (κ2) is 7.00. The van der Waals surface area contributed by atoms with Gasteiger partial charge in [-0.15, -0.1) is 0 Å². The topological polar surface area (TPSA) is 21.3 Å². The van der Waals surface area contributed by atoms with Crippen molar-refractivity contribution in [2.45, 2.75) is 39.3 Å². The van der Waals surface area contributed by atoms with E-state index in [0.717, 1.165) is 23.6 Å². The highest BCUT2D eigenvalue weighted by atomic mass is 35.5. The molecule has 0 aliphatic heterocycles. The monoisotopic (exact) mass is 255 g/mol. The summed E-state index contributed by atoms with van der Waals surface area (Å²) >= 11 is 6.17. The maximum absolute atomic E-state index is 6.17. The van der Waals surface area contributed by atoms with Crippen molar-refractivity contribution in [2.24, 2.45) is 0 Å². The van der Waals surface area contributed by atoms with Crippen LogP contribution in [0.2, 0.25) is 5.02 Å². The molecule has 2 atom stereocenters. The Morgan fingerprint density at radius 3 is 2.53 bits per heavy atom. The van der Waals surface area contributed by atoms with E-state index in [-0.39, 0.29) is 12.1 Å². The van der Waals surface area contributed by atoms with Gasteiger partial charge in [-0.3, -0.25) is 0 Å². The van der Waals surface area contributed by atoms with Gasteiger partial charge in [0.15, 0.2) is 0 Å². The lowest BCUT2D eigenvalue weighted by Gasteiger charge is -2.26. The fraction of sp³-hybridized carbons (Fsp3) is 0.571. The standard InChI is InChI=1S/C14H22ClNO/c1-5-13(17-6-2)14(16-4)11-8-7-10(3)12(15)9-11/h7-9,13-14,16H,5-6H2,1-4H3. The average Bonchev–Trinajstić information content (AvgIpc) is 2.33. The van der Waals surface area contributed by atoms with E-state index < -0.39 is 0 Å². The molecule has 0 amide bonds. The second-order valence-electron chi connectivity index (χ2n) is 4.18. The van der Waals surface area contributed by atoms with Crippen molar-refractivity contribution in [3.8, 4) is 0 Å². The van der Waals surface area contributed by atoms with Crippen molar-refractivity contribution in [1.82, 2.24) is 5.32 Å². The van der Waals surface area contributed by atoms with Crippen LogP contribution in [0.25, 0.3) is 0 Å². The Hall–Kier alpha value is -0.570. The molecule has 0 spiro atoms. The molecule has 0 saturated carbocycles. The minimum absolute atomic E-state index is 0.184. The third-order valence-corrected chi connectivity index (χ3v) is 3.43. The molecule has 1 aromatic rings. The molecule has 2 unspecified atom stereocenters. The third-order valence-electron chi connectivity index (χ3n) is 3.02. The van der Waals surface area contributed by atoms with E-state index in [2.05, 4.69) is 24.4 Å². The molecule has 0 saturated heterocycles. The highest BCUT2D eigenvalue weighted by Gasteiger charge is 2.20. The van der Waals surface area contributed by atoms with Crippen molar-refractivity contribution < 1.29 is 4.74 Å². The molecular formula is C14H22ClNO. The summed E-state index contributed by atoms with van der Waals surface area (Å²) in [4.78, 5) is 0. The van der Waals surface area contributed by atoms with E-state index in [0.29, 0.717) is 0 Å². The number of halogens is 1. The Morgan fingerprint density at radius 1 is 1.35 bits per heavy atom. The van der Waals surface area contributed by atoms with Crippen LogP contribution >= 0.6 is 11.6 Å². The summed E-state index contributed by atoms with van der Waals surface area (Å²) in [6, 6.07) is 6.39. The van der Waals surface area contributed by atoms with E-state index >= 15 is 0 Å². The minimum atomic E-state index is 0.184. The smallest absolute Gasteiger partial charge is 0.0766 e. The van der Waals surface area contributed by atoms with E-state index in [1.165, 1.54) is 5.56 Å². The molecule has 1 rings (SSSR count). The van der Waals surface area contributed by atoms with Crippen LogP contribution in [0.1, 0.15) is 37.4 Å². The van der Waals surface area contributed by atoms with Crippen LogP contribution in [0.15, 0.2) is 18.2 Å². The van der Waals surface area contributed by atoms with Gasteiger partial charge in [-0.05, 0) is 44.5 Å². The SMILES string of the molecule is CCOC(CC)C(NC)c1ccc(C)c(Cl)c1. The highest BCUT2D eigenvalue weighted by molar-refractivity contribution is 6.31. The molecule has 0 aliphatic carbocycles. The Morgan fingerprint density at radius 2 is 2.06 bits per heavy atom. The fourth-order valence-corrected chi connectivity index (χ4v) is 2.22. The number of likely N-dealkylation sites (N-methyl/N-ethyl adjacent to an activating group) is 1. The zero-order chi connectivity index (χ0) is 12.8. The lowest BCUT2D eigenvalue weighted by atomic mass is 9.98. The van der Waals surface area contributed by atoms with Gasteiger partial charge < -0.3 is 10.1 Å². The highest BCUT2D eigenvalue weighted by Crippen LogP contribution is 2.25. The second-order valence-corrected chi connectivity index (χ2v) is 4.58. The van der Waals surface area contributed by atoms with Gasteiger partial charge in [-0.25, -0.2) is 0 Å². The summed E-state index contributed by atoms with van der Waals surface area (Å²) in [6.07, 6.45) is 1.16. The van der Waals surface area contributed by atoms with Gasteiger partial charge in [0.25, 0.3) is 0 Å². The molecule has 1 aromatic carbocycles. The predicted molar refractivity (Wildman–Crippen MR) is 73.7 cm³/mol. The Bertz CT molecular complexity index is 354. The molecule has 0 bridgehead atoms. The van der Waals surface area contributed by atoms with Crippen molar-refractivity contribution in [3.63, 3.8) is 0 Å². The third kappa shape index (κ3) is 3.70. The van der Waals surface area contributed by atoms with E-state index in [1.54, 1.807) is 0 Å². The maximum Gasteiger partial charge on any atom is 0.0766 e. The van der Waals surface area contributed by atoms with Crippen LogP contribution in [0, 0.1) is 6.92 Å². The first-order valence-electron chi connectivity index (χ1n) is 6.18. The molecule has 3 heteroatoms. The molecule has 0 radical (unpaired) electrons. The molecule has 96 valence electrons. The van der Waals surface area contributed by atoms with E-state index in [1.807, 2.05) is 27.0 Å². The normalized spacial score (nSPS) is 14.6. The first kappa shape index (κ1) is 14.5. The first-order chi connectivity index (χ1) is 8.13. The Labute approximate surface area is 109 Å². The van der Waals surface area contributed by atoms with Gasteiger partial charge >= 0.3 is 0 Å². The van der Waals surface area contributed by atoms with Crippen LogP contribution in [0.3, 0.4) is 0 Å². The quantitative estimate of drug-likeness (QED) is 0.837. The summed E-state index contributed by atoms with van der Waals surface area (Å²) < 4.78 is 5.76. The molecular weight excluding hydrogens is 234 g/mol. The fourth-order valence-electron chi connectivity index (χ4n) is 2.03. The molecule has 0 aliphatic rings. The molecule has 1 N–H and O–H groups in total. The number of nitrogens with one attached hydrogen (secondary N) is 1. The lowest BCUT2D eigenvalue weighted by Crippen LogP contribution is -2.31.